The van der Waals surface area contributed by atoms with E-state index in [2.05, 4.69) is 15.6 Å². The van der Waals surface area contributed by atoms with Crippen LogP contribution >= 0.6 is 0 Å². The van der Waals surface area contributed by atoms with Crippen LogP contribution in [-0.4, -0.2) is 16.8 Å². The number of nitrogens with one attached hydrogen (secondary N) is 2. The van der Waals surface area contributed by atoms with Crippen LogP contribution in [0, 0.1) is 19.7 Å². The molecule has 2 N–H and O–H groups in total. The number of nitrogens with zero attached hydrogens (tertiary/aromatic N) is 1. The fraction of sp³-hybridized carbons (Fsp3) is 0.136. The van der Waals surface area contributed by atoms with Gasteiger partial charge in [-0.2, -0.15) is 0 Å². The van der Waals surface area contributed by atoms with Gasteiger partial charge in [-0.25, -0.2) is 4.39 Å². The predicted octanol–water partition coefficient (Wildman–Crippen LogP) is 4.02. The fourth-order valence-electron chi connectivity index (χ4n) is 2.64. The summed E-state index contributed by atoms with van der Waals surface area (Å²) < 4.78 is 12.9. The number of carbonyl (C=O) groups excluding carboxylic acids is 2. The minimum Gasteiger partial charge on any atom is -0.347 e. The lowest BCUT2D eigenvalue weighted by Crippen LogP contribution is -2.24. The van der Waals surface area contributed by atoms with Gasteiger partial charge in [0.05, 0.1) is 0 Å². The molecule has 142 valence electrons. The van der Waals surface area contributed by atoms with Gasteiger partial charge in [0.1, 0.15) is 11.5 Å². The van der Waals surface area contributed by atoms with Crippen molar-refractivity contribution in [1.82, 2.24) is 10.3 Å². The number of benzene rings is 2. The maximum atomic E-state index is 12.9. The summed E-state index contributed by atoms with van der Waals surface area (Å²) in [5, 5.41) is 5.57. The van der Waals surface area contributed by atoms with Crippen molar-refractivity contribution in [3.63, 3.8) is 0 Å². The van der Waals surface area contributed by atoms with E-state index in [0.717, 1.165) is 22.4 Å². The Morgan fingerprint density at radius 1 is 0.964 bits per heavy atom. The monoisotopic (exact) mass is 377 g/mol. The van der Waals surface area contributed by atoms with E-state index < -0.39 is 5.91 Å². The Morgan fingerprint density at radius 2 is 1.71 bits per heavy atom. The van der Waals surface area contributed by atoms with Crippen LogP contribution in [0.15, 0.2) is 60.8 Å². The number of halogens is 1. The molecule has 0 spiro atoms. The lowest BCUT2D eigenvalue weighted by molar-refractivity contribution is 0.0946. The first-order valence-electron chi connectivity index (χ1n) is 8.79. The molecule has 0 aliphatic carbocycles. The minimum absolute atomic E-state index is 0.135. The minimum atomic E-state index is -0.411. The number of carbonyl (C=O) groups is 2. The average Bonchev–Trinajstić information content (AvgIpc) is 2.70. The second kappa shape index (κ2) is 8.43. The van der Waals surface area contributed by atoms with E-state index in [1.807, 2.05) is 32.0 Å². The quantitative estimate of drug-likeness (QED) is 0.705. The molecular formula is C22H20FN3O2. The van der Waals surface area contributed by atoms with E-state index in [9.17, 15) is 14.0 Å². The lowest BCUT2D eigenvalue weighted by Gasteiger charge is -2.10. The van der Waals surface area contributed by atoms with E-state index in [4.69, 9.17) is 0 Å². The highest BCUT2D eigenvalue weighted by Gasteiger charge is 2.13. The molecular weight excluding hydrogens is 357 g/mol. The zero-order chi connectivity index (χ0) is 20.1. The SMILES string of the molecule is Cc1ccc(C)c(NC(=O)c2ccnc(C(=O)NCc3ccc(F)cc3)c2)c1. The first-order chi connectivity index (χ1) is 13.4. The van der Waals surface area contributed by atoms with E-state index in [1.54, 1.807) is 18.2 Å². The molecule has 0 fully saturated rings. The summed E-state index contributed by atoms with van der Waals surface area (Å²) in [7, 11) is 0. The van der Waals surface area contributed by atoms with E-state index in [0.29, 0.717) is 5.56 Å². The Bertz CT molecular complexity index is 1020. The van der Waals surface area contributed by atoms with Crippen molar-refractivity contribution >= 4 is 17.5 Å². The van der Waals surface area contributed by atoms with E-state index in [-0.39, 0.29) is 24.0 Å². The summed E-state index contributed by atoms with van der Waals surface area (Å²) in [6.07, 6.45) is 1.42. The third-order valence-electron chi connectivity index (χ3n) is 4.26. The molecule has 3 aromatic rings. The van der Waals surface area contributed by atoms with Gasteiger partial charge in [-0.3, -0.25) is 14.6 Å². The summed E-state index contributed by atoms with van der Waals surface area (Å²) in [5.41, 5.74) is 3.95. The molecule has 1 aromatic heterocycles. The van der Waals surface area contributed by atoms with Gasteiger partial charge in [0.2, 0.25) is 0 Å². The molecule has 6 heteroatoms. The molecule has 0 unspecified atom stereocenters. The van der Waals surface area contributed by atoms with E-state index >= 15 is 0 Å². The van der Waals surface area contributed by atoms with Crippen molar-refractivity contribution in [2.45, 2.75) is 20.4 Å². The van der Waals surface area contributed by atoms with Crippen LogP contribution in [0.1, 0.15) is 37.5 Å². The lowest BCUT2D eigenvalue weighted by atomic mass is 10.1. The van der Waals surface area contributed by atoms with Crippen LogP contribution in [0.4, 0.5) is 10.1 Å². The highest BCUT2D eigenvalue weighted by molar-refractivity contribution is 6.06. The number of aryl methyl sites for hydroxylation is 2. The summed E-state index contributed by atoms with van der Waals surface area (Å²) in [5.74, 6) is -1.06. The first-order valence-corrected chi connectivity index (χ1v) is 8.79. The van der Waals surface area contributed by atoms with Gasteiger partial charge in [-0.15, -0.1) is 0 Å². The number of rotatable bonds is 5. The van der Waals surface area contributed by atoms with Gasteiger partial charge >= 0.3 is 0 Å². The van der Waals surface area contributed by atoms with Crippen LogP contribution in [0.25, 0.3) is 0 Å². The Morgan fingerprint density at radius 3 is 2.46 bits per heavy atom. The number of hydrogen-bond acceptors (Lipinski definition) is 3. The van der Waals surface area contributed by atoms with Gasteiger partial charge < -0.3 is 10.6 Å². The van der Waals surface area contributed by atoms with Crippen molar-refractivity contribution in [2.24, 2.45) is 0 Å². The van der Waals surface area contributed by atoms with Crippen molar-refractivity contribution in [2.75, 3.05) is 5.32 Å². The van der Waals surface area contributed by atoms with E-state index in [1.165, 1.54) is 24.4 Å². The Hall–Kier alpha value is -3.54. The molecule has 3 rings (SSSR count). The topological polar surface area (TPSA) is 71.1 Å². The Labute approximate surface area is 162 Å². The van der Waals surface area contributed by atoms with Crippen molar-refractivity contribution < 1.29 is 14.0 Å². The Balaban J connectivity index is 1.68. The zero-order valence-electron chi connectivity index (χ0n) is 15.6. The summed E-state index contributed by atoms with van der Waals surface area (Å²) in [4.78, 5) is 28.9. The molecule has 0 bridgehead atoms. The molecule has 2 aromatic carbocycles. The predicted molar refractivity (Wildman–Crippen MR) is 106 cm³/mol. The molecule has 0 atom stereocenters. The molecule has 0 aliphatic heterocycles. The van der Waals surface area contributed by atoms with Gasteiger partial charge in [0, 0.05) is 24.0 Å². The number of amides is 2. The molecule has 0 radical (unpaired) electrons. The standard InChI is InChI=1S/C22H20FN3O2/c1-14-3-4-15(2)19(11-14)26-21(27)17-9-10-24-20(12-17)22(28)25-13-16-5-7-18(23)8-6-16/h3-12H,13H2,1-2H3,(H,25,28)(H,26,27). The van der Waals surface area contributed by atoms with Crippen LogP contribution < -0.4 is 10.6 Å². The molecule has 2 amide bonds. The number of anilines is 1. The summed E-state index contributed by atoms with van der Waals surface area (Å²) >= 11 is 0. The molecule has 0 aliphatic rings. The third kappa shape index (κ3) is 4.79. The molecule has 5 nitrogen and oxygen atoms in total. The normalized spacial score (nSPS) is 10.4. The third-order valence-corrected chi connectivity index (χ3v) is 4.26. The highest BCUT2D eigenvalue weighted by Crippen LogP contribution is 2.17. The fourth-order valence-corrected chi connectivity index (χ4v) is 2.64. The average molecular weight is 377 g/mol. The Kier molecular flexibility index (Phi) is 5.79. The second-order valence-electron chi connectivity index (χ2n) is 6.51. The van der Waals surface area contributed by atoms with Crippen molar-refractivity contribution in [3.05, 3.63) is 94.6 Å². The molecule has 1 heterocycles. The van der Waals surface area contributed by atoms with Crippen LogP contribution in [-0.2, 0) is 6.54 Å². The van der Waals surface area contributed by atoms with Gasteiger partial charge in [-0.05, 0) is 60.9 Å². The highest BCUT2D eigenvalue weighted by atomic mass is 19.1. The zero-order valence-corrected chi connectivity index (χ0v) is 15.6. The number of hydrogen-bond donors (Lipinski definition) is 2. The van der Waals surface area contributed by atoms with Crippen LogP contribution in [0.2, 0.25) is 0 Å². The smallest absolute Gasteiger partial charge is 0.270 e. The largest absolute Gasteiger partial charge is 0.347 e. The molecule has 28 heavy (non-hydrogen) atoms. The summed E-state index contributed by atoms with van der Waals surface area (Å²) in [6.45, 7) is 4.10. The molecule has 0 saturated heterocycles. The van der Waals surface area contributed by atoms with Gasteiger partial charge in [-0.1, -0.05) is 24.3 Å². The van der Waals surface area contributed by atoms with Crippen molar-refractivity contribution in [1.29, 1.82) is 0 Å². The maximum Gasteiger partial charge on any atom is 0.270 e. The second-order valence-corrected chi connectivity index (χ2v) is 6.51. The first kappa shape index (κ1) is 19.2. The summed E-state index contributed by atoms with van der Waals surface area (Å²) in [6, 6.07) is 14.7. The molecule has 0 saturated carbocycles. The van der Waals surface area contributed by atoms with Gasteiger partial charge in [0.25, 0.3) is 11.8 Å². The van der Waals surface area contributed by atoms with Crippen LogP contribution in [0.5, 0.6) is 0 Å². The maximum absolute atomic E-state index is 12.9. The van der Waals surface area contributed by atoms with Crippen molar-refractivity contribution in [3.8, 4) is 0 Å². The number of pyridine rings is 1. The van der Waals surface area contributed by atoms with Crippen LogP contribution in [0.3, 0.4) is 0 Å². The van der Waals surface area contributed by atoms with Gasteiger partial charge in [0.15, 0.2) is 0 Å². The number of aromatic nitrogens is 1.